The van der Waals surface area contributed by atoms with Crippen LogP contribution in [-0.4, -0.2) is 18.5 Å². The lowest BCUT2D eigenvalue weighted by Crippen LogP contribution is -2.38. The molecule has 1 amide bonds. The van der Waals surface area contributed by atoms with E-state index >= 15 is 0 Å². The number of carbonyl (C=O) groups is 1. The zero-order valence-electron chi connectivity index (χ0n) is 11.2. The minimum Gasteiger partial charge on any atom is -0.350 e. The van der Waals surface area contributed by atoms with E-state index in [1.54, 1.807) is 6.92 Å². The van der Waals surface area contributed by atoms with Gasteiger partial charge in [0, 0.05) is 18.2 Å². The van der Waals surface area contributed by atoms with Gasteiger partial charge in [-0.05, 0) is 43.0 Å². The number of nitrogens with two attached hydrogens (primary N) is 1. The molecule has 1 rings (SSSR count). The Bertz CT molecular complexity index is 418. The summed E-state index contributed by atoms with van der Waals surface area (Å²) in [5.41, 5.74) is 7.01. The average Bonchev–Trinajstić information content (AvgIpc) is 2.25. The van der Waals surface area contributed by atoms with Gasteiger partial charge in [0.25, 0.3) is 5.91 Å². The first-order valence-corrected chi connectivity index (χ1v) is 6.20. The van der Waals surface area contributed by atoms with Gasteiger partial charge in [-0.25, -0.2) is 4.39 Å². The Morgan fingerprint density at radius 1 is 1.44 bits per heavy atom. The third-order valence-corrected chi connectivity index (χ3v) is 2.73. The lowest BCUT2D eigenvalue weighted by Gasteiger charge is -2.15. The molecule has 0 fully saturated rings. The van der Waals surface area contributed by atoms with E-state index in [0.717, 1.165) is 6.42 Å². The van der Waals surface area contributed by atoms with Gasteiger partial charge < -0.3 is 11.1 Å². The number of nitrogens with one attached hydrogen (secondary N) is 1. The molecule has 0 aliphatic heterocycles. The third-order valence-electron chi connectivity index (χ3n) is 2.73. The molecule has 1 unspecified atom stereocenters. The van der Waals surface area contributed by atoms with Crippen molar-refractivity contribution in [3.05, 3.63) is 35.1 Å². The predicted octanol–water partition coefficient (Wildman–Crippen LogP) is 2.24. The molecule has 0 bridgehead atoms. The van der Waals surface area contributed by atoms with E-state index in [2.05, 4.69) is 19.2 Å². The largest absolute Gasteiger partial charge is 0.350 e. The zero-order chi connectivity index (χ0) is 13.7. The summed E-state index contributed by atoms with van der Waals surface area (Å²) in [7, 11) is 0. The number of amides is 1. The highest BCUT2D eigenvalue weighted by Crippen LogP contribution is 2.10. The van der Waals surface area contributed by atoms with Crippen LogP contribution >= 0.6 is 0 Å². The maximum absolute atomic E-state index is 12.9. The molecule has 1 aromatic carbocycles. The molecule has 1 aromatic rings. The van der Waals surface area contributed by atoms with Crippen molar-refractivity contribution in [2.75, 3.05) is 6.54 Å². The van der Waals surface area contributed by atoms with Crippen LogP contribution in [0.5, 0.6) is 0 Å². The fourth-order valence-electron chi connectivity index (χ4n) is 1.89. The van der Waals surface area contributed by atoms with Crippen molar-refractivity contribution >= 4 is 5.91 Å². The van der Waals surface area contributed by atoms with Crippen LogP contribution in [0.25, 0.3) is 0 Å². The molecule has 4 heteroatoms. The van der Waals surface area contributed by atoms with E-state index in [9.17, 15) is 9.18 Å². The molecular formula is C14H21FN2O. The van der Waals surface area contributed by atoms with Gasteiger partial charge in [-0.15, -0.1) is 0 Å². The Labute approximate surface area is 108 Å². The summed E-state index contributed by atoms with van der Waals surface area (Å²) < 4.78 is 12.9. The van der Waals surface area contributed by atoms with Gasteiger partial charge in [-0.3, -0.25) is 4.79 Å². The normalized spacial score (nSPS) is 12.6. The number of rotatable bonds is 5. The van der Waals surface area contributed by atoms with Gasteiger partial charge in [0.1, 0.15) is 5.82 Å². The summed E-state index contributed by atoms with van der Waals surface area (Å²) in [6.07, 6.45) is 0.864. The van der Waals surface area contributed by atoms with Crippen LogP contribution in [0.15, 0.2) is 18.2 Å². The fourth-order valence-corrected chi connectivity index (χ4v) is 1.89. The maximum Gasteiger partial charge on any atom is 0.251 e. The first-order chi connectivity index (χ1) is 8.40. The summed E-state index contributed by atoms with van der Waals surface area (Å²) in [4.78, 5) is 11.9. The molecule has 1 atom stereocenters. The molecule has 0 heterocycles. The lowest BCUT2D eigenvalue weighted by atomic mass is 10.0. The summed E-state index contributed by atoms with van der Waals surface area (Å²) in [5.74, 6) is -0.0308. The molecule has 0 aliphatic rings. The van der Waals surface area contributed by atoms with E-state index in [0.29, 0.717) is 23.6 Å². The Balaban J connectivity index is 2.55. The minimum atomic E-state index is -0.333. The number of hydrogen-bond acceptors (Lipinski definition) is 2. The van der Waals surface area contributed by atoms with E-state index < -0.39 is 0 Å². The van der Waals surface area contributed by atoms with Crippen LogP contribution in [-0.2, 0) is 0 Å². The molecule has 100 valence electrons. The van der Waals surface area contributed by atoms with Gasteiger partial charge in [0.15, 0.2) is 0 Å². The van der Waals surface area contributed by atoms with Crippen molar-refractivity contribution in [3.8, 4) is 0 Å². The van der Waals surface area contributed by atoms with Crippen LogP contribution in [0.3, 0.4) is 0 Å². The quantitative estimate of drug-likeness (QED) is 0.844. The Hall–Kier alpha value is -1.42. The van der Waals surface area contributed by atoms with Crippen molar-refractivity contribution in [2.45, 2.75) is 33.2 Å². The molecular weight excluding hydrogens is 231 g/mol. The Morgan fingerprint density at radius 2 is 2.11 bits per heavy atom. The van der Waals surface area contributed by atoms with Crippen LogP contribution in [0.1, 0.15) is 36.2 Å². The van der Waals surface area contributed by atoms with Crippen molar-refractivity contribution in [1.82, 2.24) is 5.32 Å². The Morgan fingerprint density at radius 3 is 2.67 bits per heavy atom. The first-order valence-electron chi connectivity index (χ1n) is 6.20. The van der Waals surface area contributed by atoms with Gasteiger partial charge in [-0.2, -0.15) is 0 Å². The number of hydrogen-bond donors (Lipinski definition) is 2. The highest BCUT2D eigenvalue weighted by molar-refractivity contribution is 5.95. The van der Waals surface area contributed by atoms with E-state index in [1.807, 2.05) is 0 Å². The van der Waals surface area contributed by atoms with Crippen molar-refractivity contribution in [2.24, 2.45) is 11.7 Å². The molecule has 0 saturated heterocycles. The first kappa shape index (κ1) is 14.6. The average molecular weight is 252 g/mol. The molecule has 0 saturated carbocycles. The molecule has 3 nitrogen and oxygen atoms in total. The fraction of sp³-hybridized carbons (Fsp3) is 0.500. The van der Waals surface area contributed by atoms with Crippen LogP contribution in [0, 0.1) is 18.7 Å². The van der Waals surface area contributed by atoms with Crippen LogP contribution in [0.2, 0.25) is 0 Å². The van der Waals surface area contributed by atoms with Crippen LogP contribution < -0.4 is 11.1 Å². The van der Waals surface area contributed by atoms with Crippen molar-refractivity contribution in [1.29, 1.82) is 0 Å². The zero-order valence-corrected chi connectivity index (χ0v) is 11.2. The summed E-state index contributed by atoms with van der Waals surface area (Å²) in [6.45, 7) is 6.33. The van der Waals surface area contributed by atoms with Gasteiger partial charge in [-0.1, -0.05) is 13.8 Å². The number of aryl methyl sites for hydroxylation is 1. The predicted molar refractivity (Wildman–Crippen MR) is 70.9 cm³/mol. The number of carbonyl (C=O) groups excluding carboxylic acids is 1. The minimum absolute atomic E-state index is 0.0466. The van der Waals surface area contributed by atoms with Crippen molar-refractivity contribution < 1.29 is 9.18 Å². The molecule has 0 aliphatic carbocycles. The molecule has 0 aromatic heterocycles. The topological polar surface area (TPSA) is 55.1 Å². The third kappa shape index (κ3) is 4.45. The van der Waals surface area contributed by atoms with Crippen LogP contribution in [0.4, 0.5) is 4.39 Å². The smallest absolute Gasteiger partial charge is 0.251 e. The monoisotopic (exact) mass is 252 g/mol. The summed E-state index contributed by atoms with van der Waals surface area (Å²) in [5, 5.41) is 2.78. The second-order valence-corrected chi connectivity index (χ2v) is 5.06. The second-order valence-electron chi connectivity index (χ2n) is 5.06. The Kier molecular flexibility index (Phi) is 5.28. The SMILES string of the molecule is Cc1cc(F)ccc1C(=O)NCC(N)CC(C)C. The molecule has 0 spiro atoms. The number of benzene rings is 1. The molecule has 3 N–H and O–H groups in total. The maximum atomic E-state index is 12.9. The van der Waals surface area contributed by atoms with E-state index in [-0.39, 0.29) is 17.8 Å². The molecule has 0 radical (unpaired) electrons. The number of halogens is 1. The lowest BCUT2D eigenvalue weighted by molar-refractivity contribution is 0.0949. The summed E-state index contributed by atoms with van der Waals surface area (Å²) in [6, 6.07) is 4.09. The standard InChI is InChI=1S/C14H21FN2O/c1-9(2)6-12(16)8-17-14(18)13-5-4-11(15)7-10(13)3/h4-5,7,9,12H,6,8,16H2,1-3H3,(H,17,18). The summed E-state index contributed by atoms with van der Waals surface area (Å²) >= 11 is 0. The van der Waals surface area contributed by atoms with Gasteiger partial charge >= 0.3 is 0 Å². The van der Waals surface area contributed by atoms with Gasteiger partial charge in [0.05, 0.1) is 0 Å². The van der Waals surface area contributed by atoms with E-state index in [4.69, 9.17) is 5.73 Å². The molecule has 18 heavy (non-hydrogen) atoms. The van der Waals surface area contributed by atoms with Crippen molar-refractivity contribution in [3.63, 3.8) is 0 Å². The second kappa shape index (κ2) is 6.50. The highest BCUT2D eigenvalue weighted by atomic mass is 19.1. The van der Waals surface area contributed by atoms with Gasteiger partial charge in [0.2, 0.25) is 0 Å². The van der Waals surface area contributed by atoms with E-state index in [1.165, 1.54) is 18.2 Å². The highest BCUT2D eigenvalue weighted by Gasteiger charge is 2.11.